The number of imidazole rings is 1. The zero-order valence-electron chi connectivity index (χ0n) is 13.4. The Hall–Kier alpha value is -1.43. The molecule has 0 bridgehead atoms. The largest absolute Gasteiger partial charge is 0.377 e. The van der Waals surface area contributed by atoms with Gasteiger partial charge in [0.2, 0.25) is 0 Å². The summed E-state index contributed by atoms with van der Waals surface area (Å²) in [7, 11) is 1.71. The van der Waals surface area contributed by atoms with Crippen LogP contribution in [0.2, 0.25) is 0 Å². The number of aromatic nitrogens is 2. The maximum Gasteiger partial charge on any atom is 0.111 e. The number of nitrogens with one attached hydrogen (secondary N) is 1. The van der Waals surface area contributed by atoms with Crippen LogP contribution in [0.25, 0.3) is 11.0 Å². The normalized spacial score (nSPS) is 13.8. The van der Waals surface area contributed by atoms with Gasteiger partial charge < -0.3 is 9.30 Å². The molecule has 21 heavy (non-hydrogen) atoms. The minimum Gasteiger partial charge on any atom is -0.377 e. The van der Waals surface area contributed by atoms with Crippen molar-refractivity contribution in [3.63, 3.8) is 0 Å². The quantitative estimate of drug-likeness (QED) is 0.606. The molecule has 0 fully saturated rings. The maximum absolute atomic E-state index is 5.73. The molecular weight excluding hydrogens is 264 g/mol. The van der Waals surface area contributed by atoms with Crippen molar-refractivity contribution >= 4 is 11.0 Å². The first-order valence-electron chi connectivity index (χ1n) is 7.49. The van der Waals surface area contributed by atoms with E-state index < -0.39 is 0 Å². The molecule has 0 radical (unpaired) electrons. The minimum atomic E-state index is -0.357. The van der Waals surface area contributed by atoms with Crippen molar-refractivity contribution in [2.24, 2.45) is 5.84 Å². The second kappa shape index (κ2) is 6.56. The van der Waals surface area contributed by atoms with Gasteiger partial charge in [0.1, 0.15) is 5.82 Å². The lowest BCUT2D eigenvalue weighted by Gasteiger charge is -2.32. The van der Waals surface area contributed by atoms with Crippen LogP contribution in [-0.2, 0) is 17.7 Å². The smallest absolute Gasteiger partial charge is 0.111 e. The van der Waals surface area contributed by atoms with Gasteiger partial charge >= 0.3 is 0 Å². The molecule has 0 saturated heterocycles. The van der Waals surface area contributed by atoms with Crippen LogP contribution in [0.5, 0.6) is 0 Å². The molecule has 0 amide bonds. The lowest BCUT2D eigenvalue weighted by molar-refractivity contribution is -0.0107. The maximum atomic E-state index is 5.73. The van der Waals surface area contributed by atoms with E-state index in [2.05, 4.69) is 35.1 Å². The first-order valence-corrected chi connectivity index (χ1v) is 7.49. The van der Waals surface area contributed by atoms with Crippen molar-refractivity contribution in [1.82, 2.24) is 15.0 Å². The summed E-state index contributed by atoms with van der Waals surface area (Å²) in [5, 5.41) is 0. The molecule has 2 rings (SSSR count). The fraction of sp³-hybridized carbons (Fsp3) is 0.562. The van der Waals surface area contributed by atoms with Gasteiger partial charge in [-0.2, -0.15) is 0 Å². The zero-order valence-corrected chi connectivity index (χ0v) is 13.4. The van der Waals surface area contributed by atoms with E-state index in [1.807, 2.05) is 19.9 Å². The summed E-state index contributed by atoms with van der Waals surface area (Å²) in [5.74, 6) is 6.78. The van der Waals surface area contributed by atoms with Gasteiger partial charge in [-0.05, 0) is 32.4 Å². The highest BCUT2D eigenvalue weighted by Gasteiger charge is 2.30. The number of hydrogen-bond acceptors (Lipinski definition) is 4. The molecule has 116 valence electrons. The number of methoxy groups -OCH3 is 1. The van der Waals surface area contributed by atoms with Crippen LogP contribution in [0.4, 0.5) is 0 Å². The molecule has 1 aromatic heterocycles. The third kappa shape index (κ3) is 3.26. The zero-order chi connectivity index (χ0) is 15.5. The average Bonchev–Trinajstić information content (AvgIpc) is 2.83. The Balaban J connectivity index is 2.38. The van der Waals surface area contributed by atoms with Crippen LogP contribution in [0.3, 0.4) is 0 Å². The molecule has 3 N–H and O–H groups in total. The predicted octanol–water partition coefficient (Wildman–Crippen LogP) is 2.25. The van der Waals surface area contributed by atoms with E-state index >= 15 is 0 Å². The summed E-state index contributed by atoms with van der Waals surface area (Å²) in [5.41, 5.74) is 4.73. The number of fused-ring (bicyclic) bond motifs is 1. The number of nitrogens with two attached hydrogens (primary N) is 1. The predicted molar refractivity (Wildman–Crippen MR) is 85.9 cm³/mol. The van der Waals surface area contributed by atoms with Crippen molar-refractivity contribution in [2.45, 2.75) is 51.8 Å². The van der Waals surface area contributed by atoms with Crippen LogP contribution in [0.1, 0.15) is 33.0 Å². The molecular formula is C16H26N4O. The summed E-state index contributed by atoms with van der Waals surface area (Å²) >= 11 is 0. The summed E-state index contributed by atoms with van der Waals surface area (Å²) < 4.78 is 7.84. The Bertz CT molecular complexity index is 591. The lowest BCUT2D eigenvalue weighted by atomic mass is 9.96. The highest BCUT2D eigenvalue weighted by Crippen LogP contribution is 2.21. The highest BCUT2D eigenvalue weighted by molar-refractivity contribution is 5.75. The molecule has 0 aliphatic heterocycles. The number of para-hydroxylation sites is 2. The number of benzene rings is 1. The van der Waals surface area contributed by atoms with E-state index in [1.165, 1.54) is 5.52 Å². The molecule has 1 unspecified atom stereocenters. The monoisotopic (exact) mass is 290 g/mol. The Morgan fingerprint density at radius 2 is 2.10 bits per heavy atom. The fourth-order valence-corrected chi connectivity index (χ4v) is 2.58. The number of rotatable bonds is 7. The van der Waals surface area contributed by atoms with E-state index in [-0.39, 0.29) is 11.6 Å². The van der Waals surface area contributed by atoms with Crippen molar-refractivity contribution in [3.8, 4) is 0 Å². The van der Waals surface area contributed by atoms with Gasteiger partial charge in [0, 0.05) is 20.1 Å². The van der Waals surface area contributed by atoms with Crippen LogP contribution in [0.15, 0.2) is 24.3 Å². The van der Waals surface area contributed by atoms with Crippen LogP contribution in [-0.4, -0.2) is 28.3 Å². The van der Waals surface area contributed by atoms with Crippen molar-refractivity contribution in [3.05, 3.63) is 30.1 Å². The van der Waals surface area contributed by atoms with Crippen molar-refractivity contribution < 1.29 is 4.74 Å². The first kappa shape index (κ1) is 15.9. The number of hydrogen-bond donors (Lipinski definition) is 2. The molecule has 5 heteroatoms. The van der Waals surface area contributed by atoms with Crippen LogP contribution < -0.4 is 11.3 Å². The first-order chi connectivity index (χ1) is 10.0. The molecule has 0 saturated carbocycles. The average molecular weight is 290 g/mol. The molecule has 1 heterocycles. The standard InChI is InChI=1S/C16H26N4O/c1-5-10-20-13-9-7-6-8-12(13)18-15(20)11-14(19-17)16(2,3)21-4/h6-9,14,19H,5,10-11,17H2,1-4H3. The van der Waals surface area contributed by atoms with E-state index in [0.29, 0.717) is 0 Å². The van der Waals surface area contributed by atoms with Crippen LogP contribution >= 0.6 is 0 Å². The third-order valence-corrected chi connectivity index (χ3v) is 4.13. The Morgan fingerprint density at radius 1 is 1.38 bits per heavy atom. The fourth-order valence-electron chi connectivity index (χ4n) is 2.58. The van der Waals surface area contributed by atoms with Gasteiger partial charge in [0.05, 0.1) is 22.7 Å². The Labute approximate surface area is 126 Å². The summed E-state index contributed by atoms with van der Waals surface area (Å²) in [6.07, 6.45) is 1.80. The van der Waals surface area contributed by atoms with Gasteiger partial charge in [-0.3, -0.25) is 11.3 Å². The Morgan fingerprint density at radius 3 is 2.71 bits per heavy atom. The van der Waals surface area contributed by atoms with Gasteiger partial charge in [-0.1, -0.05) is 19.1 Å². The second-order valence-corrected chi connectivity index (χ2v) is 5.90. The summed E-state index contributed by atoms with van der Waals surface area (Å²) in [6.45, 7) is 7.20. The number of hydrazine groups is 1. The van der Waals surface area contributed by atoms with Crippen molar-refractivity contribution in [2.75, 3.05) is 7.11 Å². The Kier molecular flexibility index (Phi) is 4.98. The van der Waals surface area contributed by atoms with Crippen molar-refractivity contribution in [1.29, 1.82) is 0 Å². The summed E-state index contributed by atoms with van der Waals surface area (Å²) in [6, 6.07) is 8.24. The number of nitrogens with zero attached hydrogens (tertiary/aromatic N) is 2. The second-order valence-electron chi connectivity index (χ2n) is 5.90. The van der Waals surface area contributed by atoms with Gasteiger partial charge in [-0.15, -0.1) is 0 Å². The molecule has 0 aliphatic rings. The van der Waals surface area contributed by atoms with Gasteiger partial charge in [-0.25, -0.2) is 4.98 Å². The lowest BCUT2D eigenvalue weighted by Crippen LogP contribution is -2.52. The molecule has 1 atom stereocenters. The molecule has 5 nitrogen and oxygen atoms in total. The topological polar surface area (TPSA) is 65.1 Å². The summed E-state index contributed by atoms with van der Waals surface area (Å²) in [4.78, 5) is 4.78. The van der Waals surface area contributed by atoms with Gasteiger partial charge in [0.15, 0.2) is 0 Å². The molecule has 0 aliphatic carbocycles. The molecule has 1 aromatic carbocycles. The van der Waals surface area contributed by atoms with E-state index in [0.717, 1.165) is 30.7 Å². The third-order valence-electron chi connectivity index (χ3n) is 4.13. The van der Waals surface area contributed by atoms with E-state index in [9.17, 15) is 0 Å². The highest BCUT2D eigenvalue weighted by atomic mass is 16.5. The van der Waals surface area contributed by atoms with E-state index in [4.69, 9.17) is 15.6 Å². The number of aryl methyl sites for hydroxylation is 1. The number of ether oxygens (including phenoxy) is 1. The van der Waals surface area contributed by atoms with Crippen LogP contribution in [0, 0.1) is 0 Å². The molecule has 0 spiro atoms. The van der Waals surface area contributed by atoms with Gasteiger partial charge in [0.25, 0.3) is 0 Å². The SMILES string of the molecule is CCCn1c(CC(NN)C(C)(C)OC)nc2ccccc21. The van der Waals surface area contributed by atoms with E-state index in [1.54, 1.807) is 7.11 Å². The molecule has 2 aromatic rings. The minimum absolute atomic E-state index is 0.00471.